The molecule has 0 radical (unpaired) electrons. The van der Waals surface area contributed by atoms with Crippen molar-refractivity contribution in [3.8, 4) is 0 Å². The third-order valence-corrected chi connectivity index (χ3v) is 7.54. The third kappa shape index (κ3) is 6.82. The Morgan fingerprint density at radius 3 is 2.70 bits per heavy atom. The highest BCUT2D eigenvalue weighted by atomic mass is 16.4. The molecular weight excluding hydrogens is 418 g/mol. The second kappa shape index (κ2) is 11.7. The number of rotatable bonds is 9. The summed E-state index contributed by atoms with van der Waals surface area (Å²) in [5, 5.41) is 13.2. The highest BCUT2D eigenvalue weighted by Gasteiger charge is 2.38. The Labute approximate surface area is 197 Å². The largest absolute Gasteiger partial charge is 0.480 e. The van der Waals surface area contributed by atoms with Crippen LogP contribution in [0.4, 0.5) is 0 Å². The fourth-order valence-electron chi connectivity index (χ4n) is 5.63. The van der Waals surface area contributed by atoms with Crippen molar-refractivity contribution < 1.29 is 14.7 Å². The smallest absolute Gasteiger partial charge is 0.326 e. The van der Waals surface area contributed by atoms with Crippen LogP contribution in [0.5, 0.6) is 0 Å². The molecular formula is C25H41N5O3. The number of carboxylic acids is 1. The van der Waals surface area contributed by atoms with Gasteiger partial charge in [-0.25, -0.2) is 4.79 Å². The Hall–Kier alpha value is -2.35. The van der Waals surface area contributed by atoms with Gasteiger partial charge in [0, 0.05) is 19.6 Å². The van der Waals surface area contributed by atoms with Crippen LogP contribution in [0.1, 0.15) is 58.8 Å². The molecule has 33 heavy (non-hydrogen) atoms. The number of aliphatic imine (C=N–C) groups is 1. The molecule has 0 bridgehead atoms. The Kier molecular flexibility index (Phi) is 8.95. The lowest BCUT2D eigenvalue weighted by atomic mass is 9.69. The minimum absolute atomic E-state index is 0.0403. The van der Waals surface area contributed by atoms with Gasteiger partial charge in [0.1, 0.15) is 6.04 Å². The third-order valence-electron chi connectivity index (χ3n) is 7.54. The van der Waals surface area contributed by atoms with Gasteiger partial charge in [-0.05, 0) is 62.2 Å². The van der Waals surface area contributed by atoms with Crippen molar-refractivity contribution in [2.24, 2.45) is 40.1 Å². The number of hydrogen-bond donors (Lipinski definition) is 4. The van der Waals surface area contributed by atoms with Crippen LogP contribution in [0.15, 0.2) is 28.8 Å². The zero-order valence-electron chi connectivity index (χ0n) is 20.1. The molecule has 1 aliphatic heterocycles. The predicted octanol–water partition coefficient (Wildman–Crippen LogP) is 2.26. The number of carbonyl (C=O) groups is 2. The second-order valence-corrected chi connectivity index (χ2v) is 10.2. The molecule has 0 spiro atoms. The normalized spacial score (nSPS) is 30.2. The lowest BCUT2D eigenvalue weighted by Crippen LogP contribution is -2.56. The minimum Gasteiger partial charge on any atom is -0.480 e. The first-order valence-corrected chi connectivity index (χ1v) is 12.5. The van der Waals surface area contributed by atoms with Crippen LogP contribution >= 0.6 is 0 Å². The predicted molar refractivity (Wildman–Crippen MR) is 130 cm³/mol. The van der Waals surface area contributed by atoms with E-state index in [2.05, 4.69) is 35.5 Å². The average molecular weight is 460 g/mol. The number of likely N-dealkylation sites (tertiary alicyclic amines) is 1. The van der Waals surface area contributed by atoms with Crippen LogP contribution in [0.25, 0.3) is 0 Å². The average Bonchev–Trinajstić information content (AvgIpc) is 2.77. The van der Waals surface area contributed by atoms with E-state index < -0.39 is 18.1 Å². The molecule has 8 heteroatoms. The first-order valence-electron chi connectivity index (χ1n) is 12.5. The number of amides is 1. The first-order chi connectivity index (χ1) is 15.8. The van der Waals surface area contributed by atoms with E-state index in [4.69, 9.17) is 11.5 Å². The maximum Gasteiger partial charge on any atom is 0.326 e. The summed E-state index contributed by atoms with van der Waals surface area (Å²) in [5.74, 6) is 1.15. The molecule has 0 aromatic carbocycles. The van der Waals surface area contributed by atoms with Crippen LogP contribution in [0, 0.1) is 23.7 Å². The topological polar surface area (TPSA) is 134 Å². The number of nitrogens with zero attached hydrogens (tertiary/aromatic N) is 2. The van der Waals surface area contributed by atoms with E-state index >= 15 is 0 Å². The fraction of sp³-hybridized carbons (Fsp3) is 0.720. The Balaban J connectivity index is 1.69. The van der Waals surface area contributed by atoms with E-state index in [0.29, 0.717) is 56.7 Å². The maximum atomic E-state index is 13.5. The van der Waals surface area contributed by atoms with E-state index in [1.54, 1.807) is 4.90 Å². The van der Waals surface area contributed by atoms with E-state index in [-0.39, 0.29) is 11.9 Å². The Morgan fingerprint density at radius 2 is 1.97 bits per heavy atom. The summed E-state index contributed by atoms with van der Waals surface area (Å²) in [7, 11) is 0. The summed E-state index contributed by atoms with van der Waals surface area (Å²) in [6.07, 6.45) is 12.8. The molecule has 6 N–H and O–H groups in total. The number of carboxylic acid groups (broad SMARTS) is 1. The summed E-state index contributed by atoms with van der Waals surface area (Å²) in [5.41, 5.74) is 12.2. The summed E-state index contributed by atoms with van der Waals surface area (Å²) in [6, 6.07) is -1.22. The van der Waals surface area contributed by atoms with Crippen molar-refractivity contribution in [1.82, 2.24) is 10.2 Å². The zero-order valence-corrected chi connectivity index (χ0v) is 20.1. The lowest BCUT2D eigenvalue weighted by molar-refractivity contribution is -0.154. The van der Waals surface area contributed by atoms with Crippen molar-refractivity contribution in [3.63, 3.8) is 0 Å². The number of fused-ring (bicyclic) bond motifs is 1. The van der Waals surface area contributed by atoms with E-state index in [0.717, 1.165) is 12.3 Å². The SMILES string of the molecule is CC1CCC2C(CN[C@@H](CCCN=C(N)N)C(=O)N3CC[C@@H](C)C[C@@H]3C(=O)O)=CC=CC2C1. The Bertz CT molecular complexity index is 789. The number of guanidine groups is 1. The molecule has 6 atom stereocenters. The number of piperidine rings is 1. The molecule has 1 heterocycles. The van der Waals surface area contributed by atoms with Gasteiger partial charge in [0.05, 0.1) is 6.04 Å². The van der Waals surface area contributed by atoms with Gasteiger partial charge in [-0.3, -0.25) is 9.79 Å². The molecule has 184 valence electrons. The van der Waals surface area contributed by atoms with E-state index in [1.165, 1.54) is 24.8 Å². The molecule has 3 rings (SSSR count). The lowest BCUT2D eigenvalue weighted by Gasteiger charge is -2.39. The van der Waals surface area contributed by atoms with Gasteiger partial charge in [0.2, 0.25) is 5.91 Å². The number of aliphatic carboxylic acids is 1. The summed E-state index contributed by atoms with van der Waals surface area (Å²) in [4.78, 5) is 31.0. The Morgan fingerprint density at radius 1 is 1.21 bits per heavy atom. The van der Waals surface area contributed by atoms with Gasteiger partial charge < -0.3 is 26.8 Å². The number of allylic oxidation sites excluding steroid dienone is 3. The van der Waals surface area contributed by atoms with Crippen LogP contribution in [0.3, 0.4) is 0 Å². The minimum atomic E-state index is -0.923. The van der Waals surface area contributed by atoms with Crippen molar-refractivity contribution in [1.29, 1.82) is 0 Å². The molecule has 3 aliphatic rings. The van der Waals surface area contributed by atoms with Gasteiger partial charge in [-0.1, -0.05) is 44.1 Å². The number of carbonyl (C=O) groups excluding carboxylic acids is 1. The second-order valence-electron chi connectivity index (χ2n) is 10.2. The summed E-state index contributed by atoms with van der Waals surface area (Å²) < 4.78 is 0. The molecule has 1 amide bonds. The van der Waals surface area contributed by atoms with Gasteiger partial charge in [-0.2, -0.15) is 0 Å². The first kappa shape index (κ1) is 25.3. The van der Waals surface area contributed by atoms with Crippen molar-refractivity contribution in [2.45, 2.75) is 70.9 Å². The summed E-state index contributed by atoms with van der Waals surface area (Å²) in [6.45, 7) is 5.94. The van der Waals surface area contributed by atoms with Crippen LogP contribution in [-0.4, -0.2) is 59.6 Å². The number of nitrogens with two attached hydrogens (primary N) is 2. The standard InChI is InChI=1S/C25H41N5O3/c1-16-8-9-20-18(13-16)5-3-6-19(20)15-29-21(7-4-11-28-25(26)27)23(31)30-12-10-17(2)14-22(30)24(32)33/h3,5-6,16-18,20-22,29H,4,7-15H2,1-2H3,(H,32,33)(H4,26,27,28)/t16?,17-,18?,20?,21+,22-/m1/s1. The fourth-order valence-corrected chi connectivity index (χ4v) is 5.63. The van der Waals surface area contributed by atoms with Crippen molar-refractivity contribution in [2.75, 3.05) is 19.6 Å². The highest BCUT2D eigenvalue weighted by Crippen LogP contribution is 2.40. The van der Waals surface area contributed by atoms with Crippen LogP contribution in [-0.2, 0) is 9.59 Å². The quantitative estimate of drug-likeness (QED) is 0.237. The zero-order chi connectivity index (χ0) is 24.0. The van der Waals surface area contributed by atoms with E-state index in [1.807, 2.05) is 6.92 Å². The highest BCUT2D eigenvalue weighted by molar-refractivity contribution is 5.87. The van der Waals surface area contributed by atoms with Crippen LogP contribution < -0.4 is 16.8 Å². The van der Waals surface area contributed by atoms with Gasteiger partial charge >= 0.3 is 5.97 Å². The molecule has 8 nitrogen and oxygen atoms in total. The van der Waals surface area contributed by atoms with Crippen molar-refractivity contribution in [3.05, 3.63) is 23.8 Å². The van der Waals surface area contributed by atoms with Gasteiger partial charge in [-0.15, -0.1) is 0 Å². The molecule has 1 saturated heterocycles. The van der Waals surface area contributed by atoms with Gasteiger partial charge in [0.15, 0.2) is 5.96 Å². The number of nitrogens with one attached hydrogen (secondary N) is 1. The van der Waals surface area contributed by atoms with Gasteiger partial charge in [0.25, 0.3) is 0 Å². The number of hydrogen-bond acceptors (Lipinski definition) is 4. The van der Waals surface area contributed by atoms with E-state index in [9.17, 15) is 14.7 Å². The molecule has 2 fully saturated rings. The molecule has 1 saturated carbocycles. The summed E-state index contributed by atoms with van der Waals surface area (Å²) >= 11 is 0. The van der Waals surface area contributed by atoms with Crippen LogP contribution in [0.2, 0.25) is 0 Å². The molecule has 0 aromatic heterocycles. The maximum absolute atomic E-state index is 13.5. The molecule has 2 aliphatic carbocycles. The van der Waals surface area contributed by atoms with Crippen molar-refractivity contribution >= 4 is 17.8 Å². The molecule has 3 unspecified atom stereocenters. The monoisotopic (exact) mass is 459 g/mol. The molecule has 0 aromatic rings.